The summed E-state index contributed by atoms with van der Waals surface area (Å²) in [6, 6.07) is 10.2. The van der Waals surface area contributed by atoms with Crippen LogP contribution in [-0.2, 0) is 25.7 Å². The molecule has 6 N–H and O–H groups in total. The van der Waals surface area contributed by atoms with E-state index < -0.39 is 29.9 Å². The zero-order valence-corrected chi connectivity index (χ0v) is 28.1. The van der Waals surface area contributed by atoms with Gasteiger partial charge in [0.15, 0.2) is 11.5 Å². The molecule has 0 radical (unpaired) electrons. The van der Waals surface area contributed by atoms with Gasteiger partial charge in [0.1, 0.15) is 12.4 Å². The lowest BCUT2D eigenvalue weighted by molar-refractivity contribution is -0.286. The molecule has 15 nitrogen and oxygen atoms in total. The number of amides is 4. The normalized spacial score (nSPS) is 12.8. The SMILES string of the molecule is Cc1ccc(OCCNC(=O)C(=O)Nc2c[nH]c3c(-c4ccc(CNC(=O)C(=O)Nc5c[nH]c6ccncc56)c5c4OC(F)(F)O5)cncc23)cc1C. The Labute approximate surface area is 298 Å². The molecule has 6 aromatic rings. The number of fused-ring (bicyclic) bond motifs is 3. The van der Waals surface area contributed by atoms with E-state index in [2.05, 4.69) is 41.2 Å². The van der Waals surface area contributed by atoms with Gasteiger partial charge in [-0.3, -0.25) is 29.1 Å². The minimum Gasteiger partial charge on any atom is -0.492 e. The maximum absolute atomic E-state index is 14.5. The van der Waals surface area contributed by atoms with Crippen LogP contribution in [0.2, 0.25) is 0 Å². The van der Waals surface area contributed by atoms with Crippen LogP contribution in [0.5, 0.6) is 17.2 Å². The summed E-state index contributed by atoms with van der Waals surface area (Å²) in [5.41, 5.74) is 4.36. The number of aromatic nitrogens is 4. The smallest absolute Gasteiger partial charge is 0.492 e. The molecule has 2 aromatic carbocycles. The predicted octanol–water partition coefficient (Wildman–Crippen LogP) is 4.43. The first-order chi connectivity index (χ1) is 25.5. The molecule has 1 aliphatic heterocycles. The van der Waals surface area contributed by atoms with Crippen LogP contribution in [0.15, 0.2) is 73.6 Å². The molecule has 4 amide bonds. The number of aromatic amines is 2. The Morgan fingerprint density at radius 1 is 0.774 bits per heavy atom. The van der Waals surface area contributed by atoms with Crippen LogP contribution >= 0.6 is 0 Å². The molecule has 4 aromatic heterocycles. The summed E-state index contributed by atoms with van der Waals surface area (Å²) in [4.78, 5) is 64.7. The van der Waals surface area contributed by atoms with Crippen molar-refractivity contribution in [2.45, 2.75) is 26.7 Å². The van der Waals surface area contributed by atoms with Crippen LogP contribution in [0.25, 0.3) is 32.9 Å². The molecule has 270 valence electrons. The molecule has 0 bridgehead atoms. The number of ether oxygens (including phenoxy) is 3. The monoisotopic (exact) mass is 724 g/mol. The molecule has 5 heterocycles. The van der Waals surface area contributed by atoms with Gasteiger partial charge in [-0.1, -0.05) is 12.1 Å². The molecular formula is C36H30F2N8O7. The van der Waals surface area contributed by atoms with Crippen molar-refractivity contribution in [2.24, 2.45) is 0 Å². The number of carbonyl (C=O) groups excluding carboxylic acids is 4. The first kappa shape index (κ1) is 34.4. The van der Waals surface area contributed by atoms with E-state index in [-0.39, 0.29) is 48.0 Å². The zero-order valence-electron chi connectivity index (χ0n) is 28.1. The third-order valence-corrected chi connectivity index (χ3v) is 8.49. The van der Waals surface area contributed by atoms with Crippen molar-refractivity contribution < 1.29 is 42.2 Å². The van der Waals surface area contributed by atoms with Gasteiger partial charge in [0.2, 0.25) is 0 Å². The van der Waals surface area contributed by atoms with Crippen LogP contribution in [-0.4, -0.2) is 63.0 Å². The van der Waals surface area contributed by atoms with Crippen molar-refractivity contribution in [3.8, 4) is 28.4 Å². The summed E-state index contributed by atoms with van der Waals surface area (Å²) in [6.45, 7) is 3.80. The number of anilines is 2. The summed E-state index contributed by atoms with van der Waals surface area (Å²) in [7, 11) is 0. The maximum Gasteiger partial charge on any atom is 0.586 e. The van der Waals surface area contributed by atoms with Gasteiger partial charge in [-0.15, -0.1) is 8.78 Å². The van der Waals surface area contributed by atoms with Gasteiger partial charge < -0.3 is 45.4 Å². The lowest BCUT2D eigenvalue weighted by atomic mass is 10.0. The highest BCUT2D eigenvalue weighted by molar-refractivity contribution is 6.40. The van der Waals surface area contributed by atoms with Gasteiger partial charge in [-0.05, 0) is 49.2 Å². The number of hydrogen-bond acceptors (Lipinski definition) is 9. The number of benzene rings is 2. The standard InChI is InChI=1S/C36H30F2N8O7/c1-18-3-5-21(11-19(18)2)51-10-9-41-32(47)34(49)46-28-17-43-29-23(13-40-15-25(28)29)22-6-4-20(30-31(22)53-36(37,38)52-30)12-44-33(48)35(50)45-27-16-42-26-7-8-39-14-24(26)27/h3-8,11,13-17,42-43H,9-10,12H2,1-2H3,(H,41,47)(H,44,48)(H,45,50)(H,46,49). The average Bonchev–Trinajstić information content (AvgIpc) is 3.84. The minimum atomic E-state index is -4.04. The average molecular weight is 725 g/mol. The molecular weight excluding hydrogens is 694 g/mol. The van der Waals surface area contributed by atoms with Crippen molar-refractivity contribution in [2.75, 3.05) is 23.8 Å². The molecule has 0 atom stereocenters. The second-order valence-corrected chi connectivity index (χ2v) is 12.0. The number of alkyl halides is 2. The molecule has 0 saturated carbocycles. The Hall–Kier alpha value is -7.04. The Bertz CT molecular complexity index is 2430. The molecule has 1 aliphatic rings. The quantitative estimate of drug-likeness (QED) is 0.0922. The number of halogens is 2. The Morgan fingerprint density at radius 2 is 1.49 bits per heavy atom. The van der Waals surface area contributed by atoms with Crippen LogP contribution in [0, 0.1) is 13.8 Å². The molecule has 0 spiro atoms. The highest BCUT2D eigenvalue weighted by Crippen LogP contribution is 2.50. The summed E-state index contributed by atoms with van der Waals surface area (Å²) >= 11 is 0. The summed E-state index contributed by atoms with van der Waals surface area (Å²) in [6.07, 6.45) is 4.81. The fourth-order valence-corrected chi connectivity index (χ4v) is 5.67. The Morgan fingerprint density at radius 3 is 2.28 bits per heavy atom. The fraction of sp³-hybridized carbons (Fsp3) is 0.167. The largest absolute Gasteiger partial charge is 0.586 e. The third kappa shape index (κ3) is 7.12. The summed E-state index contributed by atoms with van der Waals surface area (Å²) in [5, 5.41) is 10.9. The number of H-pyrrole nitrogens is 2. The molecule has 0 fully saturated rings. The fourth-order valence-electron chi connectivity index (χ4n) is 5.67. The topological polar surface area (TPSA) is 201 Å². The van der Waals surface area contributed by atoms with E-state index >= 15 is 0 Å². The lowest BCUT2D eigenvalue weighted by Gasteiger charge is -2.11. The summed E-state index contributed by atoms with van der Waals surface area (Å²) < 4.78 is 44.4. The van der Waals surface area contributed by atoms with Crippen molar-refractivity contribution in [1.29, 1.82) is 0 Å². The molecule has 0 saturated heterocycles. The van der Waals surface area contributed by atoms with Crippen LogP contribution in [0.4, 0.5) is 20.2 Å². The van der Waals surface area contributed by atoms with Crippen molar-refractivity contribution >= 4 is 56.8 Å². The van der Waals surface area contributed by atoms with Crippen molar-refractivity contribution in [1.82, 2.24) is 30.6 Å². The highest BCUT2D eigenvalue weighted by atomic mass is 19.3. The second-order valence-electron chi connectivity index (χ2n) is 12.0. The number of nitrogens with one attached hydrogen (secondary N) is 6. The highest BCUT2D eigenvalue weighted by Gasteiger charge is 2.46. The Balaban J connectivity index is 1.02. The Kier molecular flexibility index (Phi) is 9.05. The number of carbonyl (C=O) groups is 4. The maximum atomic E-state index is 14.5. The molecule has 7 rings (SSSR count). The first-order valence-electron chi connectivity index (χ1n) is 16.1. The molecule has 53 heavy (non-hydrogen) atoms. The number of hydrogen-bond donors (Lipinski definition) is 6. The second kappa shape index (κ2) is 13.9. The van der Waals surface area contributed by atoms with Gasteiger partial charge >= 0.3 is 29.9 Å². The van der Waals surface area contributed by atoms with Crippen molar-refractivity contribution in [3.63, 3.8) is 0 Å². The van der Waals surface area contributed by atoms with Gasteiger partial charge in [0.05, 0.1) is 29.0 Å². The number of rotatable bonds is 9. The number of aryl methyl sites for hydroxylation is 2. The predicted molar refractivity (Wildman–Crippen MR) is 187 cm³/mol. The van der Waals surface area contributed by atoms with Gasteiger partial charge in [-0.25, -0.2) is 0 Å². The van der Waals surface area contributed by atoms with E-state index in [1.807, 2.05) is 32.0 Å². The number of nitrogens with zero attached hydrogens (tertiary/aromatic N) is 2. The van der Waals surface area contributed by atoms with Gasteiger partial charge in [0.25, 0.3) is 0 Å². The minimum absolute atomic E-state index is 0.0758. The van der Waals surface area contributed by atoms with Gasteiger partial charge in [0, 0.05) is 71.2 Å². The van der Waals surface area contributed by atoms with E-state index in [0.29, 0.717) is 38.8 Å². The van der Waals surface area contributed by atoms with Crippen LogP contribution in [0.1, 0.15) is 16.7 Å². The van der Waals surface area contributed by atoms with E-state index in [9.17, 15) is 28.0 Å². The van der Waals surface area contributed by atoms with Crippen LogP contribution < -0.4 is 35.5 Å². The molecule has 17 heteroatoms. The van der Waals surface area contributed by atoms with E-state index in [4.69, 9.17) is 14.2 Å². The van der Waals surface area contributed by atoms with Gasteiger partial charge in [-0.2, -0.15) is 0 Å². The van der Waals surface area contributed by atoms with E-state index in [1.165, 1.54) is 43.1 Å². The van der Waals surface area contributed by atoms with E-state index in [0.717, 1.165) is 11.1 Å². The summed E-state index contributed by atoms with van der Waals surface area (Å²) in [5.74, 6) is -3.91. The molecule has 0 unspecified atom stereocenters. The number of pyridine rings is 2. The van der Waals surface area contributed by atoms with Crippen LogP contribution in [0.3, 0.4) is 0 Å². The third-order valence-electron chi connectivity index (χ3n) is 8.49. The van der Waals surface area contributed by atoms with E-state index in [1.54, 1.807) is 12.3 Å². The lowest BCUT2D eigenvalue weighted by Crippen LogP contribution is -2.37. The first-order valence-corrected chi connectivity index (χ1v) is 16.1. The molecule has 0 aliphatic carbocycles. The zero-order chi connectivity index (χ0) is 37.3. The van der Waals surface area contributed by atoms with Crippen molar-refractivity contribution in [3.05, 3.63) is 90.3 Å².